The minimum absolute atomic E-state index is 0.167. The fraction of sp³-hybridized carbons (Fsp3) is 0.391. The Balaban J connectivity index is 1.34. The molecule has 0 fully saturated rings. The van der Waals surface area contributed by atoms with Gasteiger partial charge in [-0.2, -0.15) is 0 Å². The fourth-order valence-corrected chi connectivity index (χ4v) is 3.14. The number of methoxy groups -OCH3 is 2. The molecule has 1 aliphatic rings. The van der Waals surface area contributed by atoms with Crippen molar-refractivity contribution in [1.29, 1.82) is 0 Å². The molecule has 0 aliphatic carbocycles. The molecule has 0 spiro atoms. The number of carbonyl (C=O) groups is 2. The smallest absolute Gasteiger partial charge is 0.306 e. The number of benzene rings is 2. The summed E-state index contributed by atoms with van der Waals surface area (Å²) in [5, 5.41) is 2.75. The first-order valence-corrected chi connectivity index (χ1v) is 10.1. The molecule has 8 nitrogen and oxygen atoms in total. The van der Waals surface area contributed by atoms with Crippen molar-refractivity contribution >= 4 is 11.9 Å². The number of rotatable bonds is 10. The van der Waals surface area contributed by atoms with Crippen LogP contribution in [0.4, 0.5) is 0 Å². The number of fused-ring (bicyclic) bond motifs is 1. The van der Waals surface area contributed by atoms with Crippen LogP contribution in [-0.4, -0.2) is 52.5 Å². The van der Waals surface area contributed by atoms with Crippen molar-refractivity contribution in [2.45, 2.75) is 19.3 Å². The van der Waals surface area contributed by atoms with Gasteiger partial charge in [-0.1, -0.05) is 12.1 Å². The number of hydrogen-bond acceptors (Lipinski definition) is 7. The summed E-state index contributed by atoms with van der Waals surface area (Å²) in [6.07, 6.45) is 1.28. The van der Waals surface area contributed by atoms with Crippen molar-refractivity contribution in [3.05, 3.63) is 47.5 Å². The van der Waals surface area contributed by atoms with E-state index in [-0.39, 0.29) is 18.9 Å². The van der Waals surface area contributed by atoms with E-state index in [2.05, 4.69) is 5.32 Å². The van der Waals surface area contributed by atoms with Gasteiger partial charge in [0.2, 0.25) is 0 Å². The molecule has 166 valence electrons. The third-order valence-corrected chi connectivity index (χ3v) is 4.77. The fourth-order valence-electron chi connectivity index (χ4n) is 3.14. The highest BCUT2D eigenvalue weighted by molar-refractivity contribution is 5.80. The molecule has 2 aromatic carbocycles. The molecule has 0 saturated carbocycles. The van der Waals surface area contributed by atoms with Crippen LogP contribution >= 0.6 is 0 Å². The molecule has 1 heterocycles. The van der Waals surface area contributed by atoms with Crippen LogP contribution in [0.1, 0.15) is 17.5 Å². The highest BCUT2D eigenvalue weighted by Gasteiger charge is 2.12. The van der Waals surface area contributed by atoms with Crippen LogP contribution in [-0.2, 0) is 27.2 Å². The van der Waals surface area contributed by atoms with Crippen molar-refractivity contribution in [3.8, 4) is 23.0 Å². The average Bonchev–Trinajstić information content (AvgIpc) is 2.81. The third kappa shape index (κ3) is 6.53. The molecule has 0 atom stereocenters. The minimum atomic E-state index is -0.434. The zero-order valence-corrected chi connectivity index (χ0v) is 17.8. The molecule has 0 bridgehead atoms. The van der Waals surface area contributed by atoms with E-state index in [9.17, 15) is 9.59 Å². The lowest BCUT2D eigenvalue weighted by Gasteiger charge is -2.18. The highest BCUT2D eigenvalue weighted by atomic mass is 16.6. The molecule has 1 aliphatic heterocycles. The van der Waals surface area contributed by atoms with Crippen LogP contribution in [0.2, 0.25) is 0 Å². The summed E-state index contributed by atoms with van der Waals surface area (Å²) < 4.78 is 26.5. The van der Waals surface area contributed by atoms with Crippen LogP contribution in [0.5, 0.6) is 23.0 Å². The summed E-state index contributed by atoms with van der Waals surface area (Å²) >= 11 is 0. The number of nitrogens with one attached hydrogen (secondary N) is 1. The van der Waals surface area contributed by atoms with E-state index in [4.69, 9.17) is 23.7 Å². The van der Waals surface area contributed by atoms with Crippen molar-refractivity contribution in [2.75, 3.05) is 40.6 Å². The van der Waals surface area contributed by atoms with Crippen LogP contribution in [0, 0.1) is 0 Å². The molecular formula is C23H27NO7. The lowest BCUT2D eigenvalue weighted by atomic mass is 10.1. The monoisotopic (exact) mass is 429 g/mol. The third-order valence-electron chi connectivity index (χ3n) is 4.77. The minimum Gasteiger partial charge on any atom is -0.493 e. The van der Waals surface area contributed by atoms with Crippen molar-refractivity contribution in [3.63, 3.8) is 0 Å². The molecular weight excluding hydrogens is 402 g/mol. The van der Waals surface area contributed by atoms with Crippen LogP contribution in [0.25, 0.3) is 0 Å². The number of aryl methyl sites for hydroxylation is 1. The largest absolute Gasteiger partial charge is 0.493 e. The predicted molar refractivity (Wildman–Crippen MR) is 113 cm³/mol. The van der Waals surface area contributed by atoms with Gasteiger partial charge in [-0.05, 0) is 48.2 Å². The van der Waals surface area contributed by atoms with Gasteiger partial charge in [-0.25, -0.2) is 0 Å². The maximum absolute atomic E-state index is 11.9. The van der Waals surface area contributed by atoms with E-state index < -0.39 is 5.97 Å². The molecule has 3 rings (SSSR count). The van der Waals surface area contributed by atoms with Gasteiger partial charge in [0.1, 0.15) is 13.2 Å². The summed E-state index contributed by atoms with van der Waals surface area (Å²) in [4.78, 5) is 23.9. The van der Waals surface area contributed by atoms with E-state index in [1.165, 1.54) is 0 Å². The first-order valence-electron chi connectivity index (χ1n) is 10.1. The van der Waals surface area contributed by atoms with Gasteiger partial charge in [0, 0.05) is 13.0 Å². The van der Waals surface area contributed by atoms with E-state index >= 15 is 0 Å². The standard InChI is InChI=1S/C23H27NO7/c1-27-18-6-3-16(13-20(18)28-2)5-8-23(26)31-15-22(25)24-10-9-17-4-7-19-21(14-17)30-12-11-29-19/h3-4,6-7,13-14H,5,8-12,15H2,1-2H3,(H,24,25). The summed E-state index contributed by atoms with van der Waals surface area (Å²) in [5.74, 6) is 1.92. The van der Waals surface area contributed by atoms with Crippen LogP contribution in [0.3, 0.4) is 0 Å². The average molecular weight is 429 g/mol. The van der Waals surface area contributed by atoms with E-state index in [1.54, 1.807) is 20.3 Å². The van der Waals surface area contributed by atoms with Gasteiger partial charge in [-0.15, -0.1) is 0 Å². The summed E-state index contributed by atoms with van der Waals surface area (Å²) in [6, 6.07) is 11.2. The first kappa shape index (κ1) is 22.3. The zero-order chi connectivity index (χ0) is 22.1. The number of amides is 1. The molecule has 8 heteroatoms. The van der Waals surface area contributed by atoms with Crippen LogP contribution < -0.4 is 24.3 Å². The quantitative estimate of drug-likeness (QED) is 0.580. The lowest BCUT2D eigenvalue weighted by Crippen LogP contribution is -2.30. The Bertz CT molecular complexity index is 913. The Hall–Kier alpha value is -3.42. The number of hydrogen-bond donors (Lipinski definition) is 1. The SMILES string of the molecule is COc1ccc(CCC(=O)OCC(=O)NCCc2ccc3c(c2)OCCO3)cc1OC. The number of ether oxygens (including phenoxy) is 5. The van der Waals surface area contributed by atoms with Gasteiger partial charge in [0.25, 0.3) is 5.91 Å². The predicted octanol–water partition coefficient (Wildman–Crippen LogP) is 2.31. The molecule has 1 amide bonds. The van der Waals surface area contributed by atoms with Gasteiger partial charge in [-0.3, -0.25) is 9.59 Å². The Morgan fingerprint density at radius 2 is 1.61 bits per heavy atom. The second-order valence-electron chi connectivity index (χ2n) is 6.93. The van der Waals surface area contributed by atoms with E-state index in [0.29, 0.717) is 44.1 Å². The van der Waals surface area contributed by atoms with E-state index in [1.807, 2.05) is 30.3 Å². The van der Waals surface area contributed by atoms with Gasteiger partial charge in [0.15, 0.2) is 29.6 Å². The van der Waals surface area contributed by atoms with Gasteiger partial charge < -0.3 is 29.0 Å². The summed E-state index contributed by atoms with van der Waals surface area (Å²) in [7, 11) is 3.12. The van der Waals surface area contributed by atoms with Crippen molar-refractivity contribution in [1.82, 2.24) is 5.32 Å². The van der Waals surface area contributed by atoms with Gasteiger partial charge in [0.05, 0.1) is 14.2 Å². The Labute approximate surface area is 181 Å². The highest BCUT2D eigenvalue weighted by Crippen LogP contribution is 2.31. The summed E-state index contributed by atoms with van der Waals surface area (Å²) in [6.45, 7) is 1.22. The second kappa shape index (κ2) is 11.1. The van der Waals surface area contributed by atoms with E-state index in [0.717, 1.165) is 22.6 Å². The van der Waals surface area contributed by atoms with Crippen molar-refractivity contribution in [2.24, 2.45) is 0 Å². The second-order valence-corrected chi connectivity index (χ2v) is 6.93. The lowest BCUT2D eigenvalue weighted by molar-refractivity contribution is -0.148. The zero-order valence-electron chi connectivity index (χ0n) is 17.8. The Kier molecular flexibility index (Phi) is 7.98. The molecule has 0 saturated heterocycles. The topological polar surface area (TPSA) is 92.3 Å². The number of carbonyl (C=O) groups excluding carboxylic acids is 2. The normalized spacial score (nSPS) is 12.1. The Morgan fingerprint density at radius 3 is 2.39 bits per heavy atom. The summed E-state index contributed by atoms with van der Waals surface area (Å²) in [5.41, 5.74) is 1.94. The molecule has 0 radical (unpaired) electrons. The molecule has 0 unspecified atom stereocenters. The van der Waals surface area contributed by atoms with Crippen LogP contribution in [0.15, 0.2) is 36.4 Å². The Morgan fingerprint density at radius 1 is 0.903 bits per heavy atom. The van der Waals surface area contributed by atoms with Gasteiger partial charge >= 0.3 is 5.97 Å². The maximum Gasteiger partial charge on any atom is 0.306 e. The molecule has 0 aromatic heterocycles. The molecule has 31 heavy (non-hydrogen) atoms. The number of esters is 1. The van der Waals surface area contributed by atoms with Crippen molar-refractivity contribution < 1.29 is 33.3 Å². The molecule has 2 aromatic rings. The first-order chi connectivity index (χ1) is 15.1. The molecule has 1 N–H and O–H groups in total. The maximum atomic E-state index is 11.9.